The number of nitrogens with zero attached hydrogens (tertiary/aromatic N) is 2. The van der Waals surface area contributed by atoms with E-state index in [1.54, 1.807) is 0 Å². The molecular formula is C13H29IN4. The largest absolute Gasteiger partial charge is 0.356 e. The van der Waals surface area contributed by atoms with Crippen LogP contribution in [0.25, 0.3) is 0 Å². The highest BCUT2D eigenvalue weighted by atomic mass is 127. The van der Waals surface area contributed by atoms with Crippen LogP contribution in [0.2, 0.25) is 0 Å². The van der Waals surface area contributed by atoms with Crippen LogP contribution in [0.4, 0.5) is 0 Å². The number of halogens is 1. The first-order chi connectivity index (χ1) is 8.11. The molecule has 0 aromatic carbocycles. The van der Waals surface area contributed by atoms with Crippen LogP contribution in [0.1, 0.15) is 33.1 Å². The number of nitrogens with one attached hydrogen (secondary N) is 2. The average molecular weight is 368 g/mol. The van der Waals surface area contributed by atoms with Gasteiger partial charge in [0.2, 0.25) is 0 Å². The lowest BCUT2D eigenvalue weighted by Crippen LogP contribution is -2.42. The van der Waals surface area contributed by atoms with Crippen molar-refractivity contribution >= 4 is 29.9 Å². The highest BCUT2D eigenvalue weighted by molar-refractivity contribution is 14.0. The molecule has 1 fully saturated rings. The Bertz CT molecular complexity index is 235. The molecule has 0 spiro atoms. The van der Waals surface area contributed by atoms with Crippen molar-refractivity contribution in [2.75, 3.05) is 33.7 Å². The number of hydrogen-bond donors (Lipinski definition) is 2. The maximum absolute atomic E-state index is 4.21. The van der Waals surface area contributed by atoms with E-state index < -0.39 is 0 Å². The summed E-state index contributed by atoms with van der Waals surface area (Å²) in [6.45, 7) is 7.79. The fraction of sp³-hybridized carbons (Fsp3) is 0.923. The third kappa shape index (κ3) is 7.41. The highest BCUT2D eigenvalue weighted by Crippen LogP contribution is 2.18. The molecule has 0 aromatic rings. The van der Waals surface area contributed by atoms with E-state index >= 15 is 0 Å². The molecule has 1 saturated heterocycles. The predicted molar refractivity (Wildman–Crippen MR) is 89.9 cm³/mol. The van der Waals surface area contributed by atoms with Gasteiger partial charge in [-0.05, 0) is 59.2 Å². The minimum Gasteiger partial charge on any atom is -0.356 e. The second-order valence-electron chi connectivity index (χ2n) is 5.33. The Morgan fingerprint density at radius 1 is 1.33 bits per heavy atom. The quantitative estimate of drug-likeness (QED) is 0.453. The lowest BCUT2D eigenvalue weighted by Gasteiger charge is -2.29. The van der Waals surface area contributed by atoms with Gasteiger partial charge in [-0.25, -0.2) is 0 Å². The second kappa shape index (κ2) is 9.83. The molecule has 18 heavy (non-hydrogen) atoms. The van der Waals surface area contributed by atoms with Gasteiger partial charge in [0.05, 0.1) is 0 Å². The van der Waals surface area contributed by atoms with Crippen LogP contribution in [0.15, 0.2) is 4.99 Å². The SMILES string of the molecule is CN=C(NCCC1CCN(C)CC1)NC(C)C.I. The van der Waals surface area contributed by atoms with Crippen LogP contribution < -0.4 is 10.6 Å². The number of rotatable bonds is 4. The first kappa shape index (κ1) is 18.0. The van der Waals surface area contributed by atoms with E-state index in [0.717, 1.165) is 18.4 Å². The molecule has 5 heteroatoms. The van der Waals surface area contributed by atoms with Gasteiger partial charge in [0, 0.05) is 19.6 Å². The fourth-order valence-electron chi connectivity index (χ4n) is 2.21. The van der Waals surface area contributed by atoms with Crippen molar-refractivity contribution in [3.8, 4) is 0 Å². The molecule has 108 valence electrons. The van der Waals surface area contributed by atoms with Gasteiger partial charge in [-0.1, -0.05) is 0 Å². The van der Waals surface area contributed by atoms with Crippen LogP contribution >= 0.6 is 24.0 Å². The average Bonchev–Trinajstić information content (AvgIpc) is 2.30. The molecule has 0 atom stereocenters. The van der Waals surface area contributed by atoms with Gasteiger partial charge in [0.15, 0.2) is 5.96 Å². The van der Waals surface area contributed by atoms with E-state index in [0.29, 0.717) is 6.04 Å². The number of hydrogen-bond acceptors (Lipinski definition) is 2. The van der Waals surface area contributed by atoms with E-state index in [4.69, 9.17) is 0 Å². The molecule has 0 aliphatic carbocycles. The Morgan fingerprint density at radius 3 is 2.44 bits per heavy atom. The van der Waals surface area contributed by atoms with Crippen molar-refractivity contribution in [3.05, 3.63) is 0 Å². The smallest absolute Gasteiger partial charge is 0.191 e. The molecule has 0 amide bonds. The van der Waals surface area contributed by atoms with Crippen molar-refractivity contribution < 1.29 is 0 Å². The van der Waals surface area contributed by atoms with Crippen LogP contribution in [-0.2, 0) is 0 Å². The Morgan fingerprint density at radius 2 is 1.94 bits per heavy atom. The predicted octanol–water partition coefficient (Wildman–Crippen LogP) is 1.91. The molecule has 1 rings (SSSR count). The highest BCUT2D eigenvalue weighted by Gasteiger charge is 2.16. The van der Waals surface area contributed by atoms with Gasteiger partial charge in [-0.3, -0.25) is 4.99 Å². The van der Waals surface area contributed by atoms with E-state index in [2.05, 4.69) is 41.4 Å². The van der Waals surface area contributed by atoms with Crippen LogP contribution in [0.5, 0.6) is 0 Å². The minimum absolute atomic E-state index is 0. The molecule has 1 aliphatic rings. The van der Waals surface area contributed by atoms with E-state index in [-0.39, 0.29) is 24.0 Å². The van der Waals surface area contributed by atoms with Gasteiger partial charge in [-0.2, -0.15) is 0 Å². The molecule has 0 unspecified atom stereocenters. The van der Waals surface area contributed by atoms with Gasteiger partial charge >= 0.3 is 0 Å². The summed E-state index contributed by atoms with van der Waals surface area (Å²) in [4.78, 5) is 6.63. The molecule has 0 bridgehead atoms. The van der Waals surface area contributed by atoms with Gasteiger partial charge in [0.1, 0.15) is 0 Å². The summed E-state index contributed by atoms with van der Waals surface area (Å²) in [6, 6.07) is 0.435. The zero-order valence-electron chi connectivity index (χ0n) is 12.2. The molecule has 2 N–H and O–H groups in total. The molecular weight excluding hydrogens is 339 g/mol. The van der Waals surface area contributed by atoms with E-state index in [9.17, 15) is 0 Å². The Kier molecular flexibility index (Phi) is 9.81. The van der Waals surface area contributed by atoms with Crippen molar-refractivity contribution in [2.45, 2.75) is 39.2 Å². The first-order valence-corrected chi connectivity index (χ1v) is 6.77. The summed E-state index contributed by atoms with van der Waals surface area (Å²) in [5.74, 6) is 1.81. The molecule has 1 aliphatic heterocycles. The van der Waals surface area contributed by atoms with Gasteiger partial charge in [-0.15, -0.1) is 24.0 Å². The Labute approximate surface area is 129 Å². The molecule has 0 aromatic heterocycles. The maximum atomic E-state index is 4.21. The van der Waals surface area contributed by atoms with Crippen molar-refractivity contribution in [1.29, 1.82) is 0 Å². The standard InChI is InChI=1S/C13H28N4.HI/c1-11(2)16-13(14-3)15-8-5-12-6-9-17(4)10-7-12;/h11-12H,5-10H2,1-4H3,(H2,14,15,16);1H. The number of likely N-dealkylation sites (tertiary alicyclic amines) is 1. The molecule has 0 saturated carbocycles. The Balaban J connectivity index is 0.00000289. The number of aliphatic imine (C=N–C) groups is 1. The van der Waals surface area contributed by atoms with E-state index in [1.165, 1.54) is 32.4 Å². The van der Waals surface area contributed by atoms with Crippen LogP contribution in [-0.4, -0.2) is 50.6 Å². The zero-order chi connectivity index (χ0) is 12.7. The molecule has 4 nitrogen and oxygen atoms in total. The van der Waals surface area contributed by atoms with Crippen molar-refractivity contribution in [3.63, 3.8) is 0 Å². The summed E-state index contributed by atoms with van der Waals surface area (Å²) in [7, 11) is 4.04. The third-order valence-corrected chi connectivity index (χ3v) is 3.33. The molecule has 0 radical (unpaired) electrons. The lowest BCUT2D eigenvalue weighted by atomic mass is 9.94. The third-order valence-electron chi connectivity index (χ3n) is 3.33. The fourth-order valence-corrected chi connectivity index (χ4v) is 2.21. The number of guanidine groups is 1. The normalized spacial score (nSPS) is 18.6. The van der Waals surface area contributed by atoms with Crippen LogP contribution in [0, 0.1) is 5.92 Å². The van der Waals surface area contributed by atoms with Gasteiger partial charge in [0.25, 0.3) is 0 Å². The second-order valence-corrected chi connectivity index (χ2v) is 5.33. The topological polar surface area (TPSA) is 39.7 Å². The van der Waals surface area contributed by atoms with Crippen LogP contribution in [0.3, 0.4) is 0 Å². The monoisotopic (exact) mass is 368 g/mol. The first-order valence-electron chi connectivity index (χ1n) is 6.77. The van der Waals surface area contributed by atoms with E-state index in [1.807, 2.05) is 7.05 Å². The van der Waals surface area contributed by atoms with Crippen molar-refractivity contribution in [1.82, 2.24) is 15.5 Å². The maximum Gasteiger partial charge on any atom is 0.191 e. The van der Waals surface area contributed by atoms with Crippen molar-refractivity contribution in [2.24, 2.45) is 10.9 Å². The lowest BCUT2D eigenvalue weighted by molar-refractivity contribution is 0.213. The summed E-state index contributed by atoms with van der Waals surface area (Å²) >= 11 is 0. The summed E-state index contributed by atoms with van der Waals surface area (Å²) in [6.07, 6.45) is 3.94. The number of piperidine rings is 1. The summed E-state index contributed by atoms with van der Waals surface area (Å²) in [5, 5.41) is 6.69. The molecule has 1 heterocycles. The zero-order valence-corrected chi connectivity index (χ0v) is 14.5. The Hall–Kier alpha value is -0.0400. The minimum atomic E-state index is 0. The van der Waals surface area contributed by atoms with Gasteiger partial charge < -0.3 is 15.5 Å². The summed E-state index contributed by atoms with van der Waals surface area (Å²) < 4.78 is 0. The summed E-state index contributed by atoms with van der Waals surface area (Å²) in [5.41, 5.74) is 0.